The zero-order chi connectivity index (χ0) is 40.1. The Morgan fingerprint density at radius 1 is 0.821 bits per heavy atom. The molecule has 2 aromatic rings. The summed E-state index contributed by atoms with van der Waals surface area (Å²) in [4.78, 5) is 27.0. The summed E-state index contributed by atoms with van der Waals surface area (Å²) in [5.74, 6) is -1.16. The summed E-state index contributed by atoms with van der Waals surface area (Å²) in [7, 11) is 1.23. The number of ether oxygens (including phenoxy) is 7. The maximum absolute atomic E-state index is 13.3. The molecular weight excluding hydrogens is 738 g/mol. The second-order valence-electron chi connectivity index (χ2n) is 15.1. The molecule has 4 fully saturated rings. The normalized spacial score (nSPS) is 36.2. The molecule has 14 unspecified atom stereocenters. The van der Waals surface area contributed by atoms with Crippen LogP contribution in [0, 0.1) is 5.92 Å². The van der Waals surface area contributed by atoms with Crippen LogP contribution in [0.4, 0.5) is 10.5 Å². The third kappa shape index (κ3) is 9.62. The van der Waals surface area contributed by atoms with Gasteiger partial charge in [0, 0.05) is 12.3 Å². The number of carboxylic acid groups (broad SMARTS) is 1. The van der Waals surface area contributed by atoms with Crippen LogP contribution in [0.5, 0.6) is 0 Å². The molecule has 0 radical (unpaired) electrons. The van der Waals surface area contributed by atoms with Crippen molar-refractivity contribution in [1.29, 1.82) is 0 Å². The summed E-state index contributed by atoms with van der Waals surface area (Å²) in [6.45, 7) is 0.636. The number of hydrogen-bond acceptors (Lipinski definition) is 15. The highest BCUT2D eigenvalue weighted by Crippen LogP contribution is 2.35. The fourth-order valence-corrected chi connectivity index (χ4v) is 8.14. The number of aliphatic hydroxyl groups excluding tert-OH is 6. The van der Waals surface area contributed by atoms with Gasteiger partial charge >= 0.3 is 12.1 Å². The van der Waals surface area contributed by atoms with Gasteiger partial charge < -0.3 is 68.9 Å². The molecule has 7 N–H and O–H groups in total. The van der Waals surface area contributed by atoms with E-state index in [0.717, 1.165) is 42.9 Å². The number of benzene rings is 2. The topological polar surface area (TPSA) is 244 Å². The van der Waals surface area contributed by atoms with Crippen LogP contribution in [0.15, 0.2) is 42.5 Å². The van der Waals surface area contributed by atoms with Crippen LogP contribution in [-0.2, 0) is 38.0 Å². The maximum atomic E-state index is 13.3. The number of fused-ring (bicyclic) bond motifs is 1. The molecule has 3 saturated heterocycles. The van der Waals surface area contributed by atoms with Gasteiger partial charge in [-0.1, -0.05) is 62.4 Å². The van der Waals surface area contributed by atoms with E-state index in [0.29, 0.717) is 5.69 Å². The predicted molar refractivity (Wildman–Crippen MR) is 195 cm³/mol. The van der Waals surface area contributed by atoms with Gasteiger partial charge in [-0.05, 0) is 48.6 Å². The Balaban J connectivity index is 1.27. The molecule has 2 aromatic carbocycles. The van der Waals surface area contributed by atoms with E-state index in [1.54, 1.807) is 12.1 Å². The molecule has 14 atom stereocenters. The van der Waals surface area contributed by atoms with Crippen LogP contribution in [0.25, 0.3) is 10.8 Å². The number of aliphatic hydroxyl groups is 6. The van der Waals surface area contributed by atoms with Crippen LogP contribution in [0.3, 0.4) is 0 Å². The van der Waals surface area contributed by atoms with Crippen LogP contribution in [0.2, 0.25) is 0 Å². The monoisotopic (exact) mass is 793 g/mol. The average molecular weight is 794 g/mol. The van der Waals surface area contributed by atoms with Crippen molar-refractivity contribution in [2.75, 3.05) is 31.8 Å². The fraction of sp³-hybridized carbons (Fsp3) is 0.692. The number of rotatable bonds is 13. The lowest BCUT2D eigenvalue weighted by atomic mass is 9.85. The Morgan fingerprint density at radius 3 is 2.23 bits per heavy atom. The van der Waals surface area contributed by atoms with Crippen molar-refractivity contribution in [3.63, 3.8) is 0 Å². The molecule has 0 bridgehead atoms. The zero-order valence-electron chi connectivity index (χ0n) is 31.5. The number of methoxy groups -OCH3 is 1. The molecule has 0 aromatic heterocycles. The van der Waals surface area contributed by atoms with E-state index < -0.39 is 104 Å². The summed E-state index contributed by atoms with van der Waals surface area (Å²) in [5.41, 5.74) is 0.467. The van der Waals surface area contributed by atoms with Gasteiger partial charge in [0.15, 0.2) is 18.7 Å². The van der Waals surface area contributed by atoms with Gasteiger partial charge in [0.1, 0.15) is 54.9 Å². The predicted octanol–water partition coefficient (Wildman–Crippen LogP) is 1.05. The largest absolute Gasteiger partial charge is 0.479 e. The van der Waals surface area contributed by atoms with E-state index in [1.165, 1.54) is 18.9 Å². The van der Waals surface area contributed by atoms with E-state index in [1.807, 2.05) is 30.3 Å². The summed E-state index contributed by atoms with van der Waals surface area (Å²) in [6, 6.07) is 13.0. The van der Waals surface area contributed by atoms with Crippen LogP contribution < -0.4 is 4.90 Å². The highest BCUT2D eigenvalue weighted by Gasteiger charge is 2.51. The van der Waals surface area contributed by atoms with E-state index in [4.69, 9.17) is 33.2 Å². The van der Waals surface area contributed by atoms with Crippen molar-refractivity contribution in [3.05, 3.63) is 42.5 Å². The first-order valence-corrected chi connectivity index (χ1v) is 19.4. The molecule has 17 nitrogen and oxygen atoms in total. The smallest absolute Gasteiger partial charge is 0.414 e. The number of carbonyl (C=O) groups excluding carboxylic acids is 1. The lowest BCUT2D eigenvalue weighted by Crippen LogP contribution is -2.64. The minimum Gasteiger partial charge on any atom is -0.479 e. The van der Waals surface area contributed by atoms with E-state index in [-0.39, 0.29) is 31.9 Å². The standard InChI is InChI=1S/C39H55NO16/c1-20-29(42)31(44)32(45)37(52-20)56-34-25(14-15-51-27(34)18-40(39(49)50-2)24-13-12-22-10-6-7-11-23(22)17-24)54-38-33(46)35(30(43)28(19-41)55-38)53-26(36(47)48)16-21-8-4-3-5-9-21/h6-7,10-13,17,20-21,25-35,37-38,41-46H,3-5,8-9,14-16,18-19H2,1-2H3,(H,47,48). The quantitative estimate of drug-likeness (QED) is 0.150. The van der Waals surface area contributed by atoms with Crippen molar-refractivity contribution in [3.8, 4) is 0 Å². The van der Waals surface area contributed by atoms with Crippen molar-refractivity contribution in [1.82, 2.24) is 0 Å². The Hall–Kier alpha value is -3.04. The maximum Gasteiger partial charge on any atom is 0.414 e. The second-order valence-corrected chi connectivity index (χ2v) is 15.1. The molecule has 1 aliphatic carbocycles. The summed E-state index contributed by atoms with van der Waals surface area (Å²) >= 11 is 0. The van der Waals surface area contributed by atoms with Gasteiger partial charge in [-0.3, -0.25) is 4.90 Å². The molecular formula is C39H55NO16. The van der Waals surface area contributed by atoms with Crippen LogP contribution in [-0.4, -0.2) is 161 Å². The molecule has 1 amide bonds. The molecule has 3 heterocycles. The van der Waals surface area contributed by atoms with Gasteiger partial charge in [-0.2, -0.15) is 0 Å². The van der Waals surface area contributed by atoms with Gasteiger partial charge in [0.2, 0.25) is 0 Å². The number of hydrogen-bond donors (Lipinski definition) is 7. The van der Waals surface area contributed by atoms with Crippen molar-refractivity contribution < 1.29 is 78.5 Å². The molecule has 17 heteroatoms. The number of anilines is 1. The molecule has 6 rings (SSSR count). The summed E-state index contributed by atoms with van der Waals surface area (Å²) in [5, 5.41) is 76.7. The molecule has 4 aliphatic rings. The molecule has 3 aliphatic heterocycles. The highest BCUT2D eigenvalue weighted by molar-refractivity contribution is 5.93. The van der Waals surface area contributed by atoms with E-state index >= 15 is 0 Å². The number of aliphatic carboxylic acids is 1. The number of carboxylic acids is 1. The second kappa shape index (κ2) is 19.1. The first-order chi connectivity index (χ1) is 26.9. The molecule has 1 saturated carbocycles. The van der Waals surface area contributed by atoms with Crippen molar-refractivity contribution in [2.24, 2.45) is 5.92 Å². The Labute approximate surface area is 324 Å². The number of nitrogens with zero attached hydrogens (tertiary/aromatic N) is 1. The number of amides is 1. The molecule has 0 spiro atoms. The van der Waals surface area contributed by atoms with Crippen molar-refractivity contribution in [2.45, 2.75) is 138 Å². The van der Waals surface area contributed by atoms with Gasteiger partial charge in [-0.25, -0.2) is 9.59 Å². The van der Waals surface area contributed by atoms with Crippen molar-refractivity contribution >= 4 is 28.5 Å². The first kappa shape index (κ1) is 42.6. The zero-order valence-corrected chi connectivity index (χ0v) is 31.5. The number of carbonyl (C=O) groups is 2. The minimum atomic E-state index is -1.75. The molecule has 312 valence electrons. The Morgan fingerprint density at radius 2 is 1.54 bits per heavy atom. The summed E-state index contributed by atoms with van der Waals surface area (Å²) < 4.78 is 41.5. The van der Waals surface area contributed by atoms with Gasteiger partial charge in [0.25, 0.3) is 0 Å². The van der Waals surface area contributed by atoms with E-state index in [9.17, 15) is 45.3 Å². The Bertz CT molecular complexity index is 1590. The average Bonchev–Trinajstić information content (AvgIpc) is 3.20. The van der Waals surface area contributed by atoms with E-state index in [2.05, 4.69) is 0 Å². The van der Waals surface area contributed by atoms with Gasteiger partial charge in [0.05, 0.1) is 32.5 Å². The lowest BCUT2D eigenvalue weighted by Gasteiger charge is -2.47. The minimum absolute atomic E-state index is 0.0466. The van der Waals surface area contributed by atoms with Crippen LogP contribution in [0.1, 0.15) is 51.9 Å². The van der Waals surface area contributed by atoms with Gasteiger partial charge in [-0.15, -0.1) is 0 Å². The highest BCUT2D eigenvalue weighted by atomic mass is 16.7. The fourth-order valence-electron chi connectivity index (χ4n) is 8.14. The first-order valence-electron chi connectivity index (χ1n) is 19.4. The Kier molecular flexibility index (Phi) is 14.5. The SMILES string of the molecule is COC(=O)N(CC1OCCC(OC2OC(CO)C(O)C(OC(CC3CCCCC3)C(=O)O)C2O)C1OC1OC(C)C(O)C(O)C1O)c1ccc2ccccc2c1. The lowest BCUT2D eigenvalue weighted by molar-refractivity contribution is -0.355. The summed E-state index contributed by atoms with van der Waals surface area (Å²) in [6.07, 6.45) is -15.5. The van der Waals surface area contributed by atoms with Crippen LogP contribution >= 0.6 is 0 Å². The molecule has 56 heavy (non-hydrogen) atoms. The third-order valence-electron chi connectivity index (χ3n) is 11.4. The third-order valence-corrected chi connectivity index (χ3v) is 11.4.